The van der Waals surface area contributed by atoms with Crippen molar-refractivity contribution >= 4 is 38.9 Å². The van der Waals surface area contributed by atoms with Gasteiger partial charge in [0.25, 0.3) is 0 Å². The van der Waals surface area contributed by atoms with Crippen molar-refractivity contribution in [2.24, 2.45) is 5.10 Å². The molecule has 0 amide bonds. The molecule has 0 N–H and O–H groups in total. The van der Waals surface area contributed by atoms with E-state index in [2.05, 4.69) is 70.5 Å². The summed E-state index contributed by atoms with van der Waals surface area (Å²) in [4.78, 5) is 4.59. The first kappa shape index (κ1) is 20.4. The summed E-state index contributed by atoms with van der Waals surface area (Å²) in [7, 11) is 0. The van der Waals surface area contributed by atoms with Gasteiger partial charge in [-0.1, -0.05) is 28.9 Å². The van der Waals surface area contributed by atoms with Crippen LogP contribution in [0.2, 0.25) is 0 Å². The SMILES string of the molecule is CC1=N[N+](c2ccc3c4ccccc4n(-c4ccccn4)c3c2)=C(C)C1.[Cl-].[Pt+2]. The number of hydrogen-bond acceptors (Lipinski definition) is 2. The van der Waals surface area contributed by atoms with Crippen LogP contribution in [0.15, 0.2) is 72.0 Å². The van der Waals surface area contributed by atoms with Crippen molar-refractivity contribution in [2.75, 3.05) is 0 Å². The second kappa shape index (κ2) is 7.98. The number of rotatable bonds is 2. The molecule has 3 heterocycles. The standard InChI is InChI=1S/C22H19N4.ClH.Pt/c1-15-13-16(2)26(24-15)17-10-11-19-18-7-3-4-8-20(18)25(21(19)14-17)22-9-5-6-12-23-22;;/h3-12,14H,13H2,1-2H3;1H;/q+1;;+2/p-1. The van der Waals surface area contributed by atoms with Gasteiger partial charge in [0.15, 0.2) is 5.71 Å². The number of nitrogens with zero attached hydrogens (tertiary/aromatic N) is 4. The summed E-state index contributed by atoms with van der Waals surface area (Å²) in [6.45, 7) is 4.21. The van der Waals surface area contributed by atoms with Gasteiger partial charge in [-0.3, -0.25) is 4.57 Å². The van der Waals surface area contributed by atoms with Crippen molar-refractivity contribution in [3.8, 4) is 5.82 Å². The zero-order valence-corrected chi connectivity index (χ0v) is 18.6. The fourth-order valence-corrected chi connectivity index (χ4v) is 3.84. The molecule has 0 unspecified atom stereocenters. The fourth-order valence-electron chi connectivity index (χ4n) is 3.84. The maximum atomic E-state index is 4.69. The first-order valence-corrected chi connectivity index (χ1v) is 8.83. The smallest absolute Gasteiger partial charge is 1.00 e. The molecular formula is C22H19ClN4Pt+2. The van der Waals surface area contributed by atoms with Crippen LogP contribution in [0.1, 0.15) is 20.3 Å². The number of fused-ring (bicyclic) bond motifs is 3. The third-order valence-electron chi connectivity index (χ3n) is 4.92. The molecule has 0 aliphatic carbocycles. The van der Waals surface area contributed by atoms with E-state index in [1.54, 1.807) is 0 Å². The van der Waals surface area contributed by atoms with Crippen LogP contribution in [0.5, 0.6) is 0 Å². The van der Waals surface area contributed by atoms with Crippen LogP contribution in [0.4, 0.5) is 5.69 Å². The minimum Gasteiger partial charge on any atom is -1.00 e. The van der Waals surface area contributed by atoms with Gasteiger partial charge in [-0.15, -0.1) is 0 Å². The van der Waals surface area contributed by atoms with Crippen molar-refractivity contribution < 1.29 is 38.2 Å². The van der Waals surface area contributed by atoms with Crippen molar-refractivity contribution in [1.82, 2.24) is 9.55 Å². The maximum Gasteiger partial charge on any atom is 2.00 e. The summed E-state index contributed by atoms with van der Waals surface area (Å²) < 4.78 is 4.28. The quantitative estimate of drug-likeness (QED) is 0.340. The molecule has 0 saturated heterocycles. The average Bonchev–Trinajstić information content (AvgIpc) is 3.18. The van der Waals surface area contributed by atoms with Crippen LogP contribution in [0, 0.1) is 0 Å². The monoisotopic (exact) mass is 569 g/mol. The third kappa shape index (κ3) is 3.21. The van der Waals surface area contributed by atoms with Crippen LogP contribution < -0.4 is 12.4 Å². The minimum atomic E-state index is 0. The molecule has 2 aromatic heterocycles. The molecule has 0 saturated carbocycles. The van der Waals surface area contributed by atoms with E-state index in [1.165, 1.54) is 22.0 Å². The van der Waals surface area contributed by atoms with E-state index in [9.17, 15) is 0 Å². The minimum absolute atomic E-state index is 0. The Hall–Kier alpha value is -2.29. The number of benzene rings is 2. The molecule has 0 radical (unpaired) electrons. The van der Waals surface area contributed by atoms with Gasteiger partial charge in [0, 0.05) is 36.0 Å². The van der Waals surface area contributed by atoms with Crippen LogP contribution in [0.3, 0.4) is 0 Å². The summed E-state index contributed by atoms with van der Waals surface area (Å²) in [5, 5.41) is 7.16. The molecule has 142 valence electrons. The van der Waals surface area contributed by atoms with Gasteiger partial charge in [0.2, 0.25) is 5.69 Å². The van der Waals surface area contributed by atoms with Gasteiger partial charge in [-0.25, -0.2) is 4.98 Å². The van der Waals surface area contributed by atoms with Crippen LogP contribution in [-0.4, -0.2) is 25.7 Å². The Bertz CT molecular complexity index is 1230. The first-order valence-electron chi connectivity index (χ1n) is 8.83. The van der Waals surface area contributed by atoms with E-state index in [0.717, 1.165) is 29.2 Å². The Balaban J connectivity index is 0.00000112. The van der Waals surface area contributed by atoms with Gasteiger partial charge in [0.05, 0.1) is 23.2 Å². The second-order valence-electron chi connectivity index (χ2n) is 6.80. The van der Waals surface area contributed by atoms with E-state index < -0.39 is 0 Å². The van der Waals surface area contributed by atoms with Gasteiger partial charge in [-0.05, 0) is 36.3 Å². The number of hydrazone groups is 1. The molecule has 6 heteroatoms. The Labute approximate surface area is 184 Å². The van der Waals surface area contributed by atoms with E-state index in [4.69, 9.17) is 5.10 Å². The third-order valence-corrected chi connectivity index (χ3v) is 4.92. The molecule has 0 fully saturated rings. The van der Waals surface area contributed by atoms with Crippen LogP contribution >= 0.6 is 0 Å². The number of para-hydroxylation sites is 1. The van der Waals surface area contributed by atoms with Crippen LogP contribution in [0.25, 0.3) is 27.6 Å². The molecule has 0 bridgehead atoms. The van der Waals surface area contributed by atoms with E-state index in [0.29, 0.717) is 0 Å². The molecule has 4 nitrogen and oxygen atoms in total. The normalized spacial score (nSPS) is 13.4. The molecule has 1 aliphatic heterocycles. The molecule has 2 aromatic carbocycles. The summed E-state index contributed by atoms with van der Waals surface area (Å²) in [5.41, 5.74) is 5.80. The Morgan fingerprint density at radius 2 is 1.64 bits per heavy atom. The topological polar surface area (TPSA) is 33.2 Å². The average molecular weight is 570 g/mol. The van der Waals surface area contributed by atoms with Gasteiger partial charge in [-0.2, -0.15) is 0 Å². The van der Waals surface area contributed by atoms with E-state index in [1.807, 2.05) is 24.4 Å². The van der Waals surface area contributed by atoms with Gasteiger partial charge in [0.1, 0.15) is 5.82 Å². The molecule has 0 spiro atoms. The molecule has 0 atom stereocenters. The number of halogens is 1. The summed E-state index contributed by atoms with van der Waals surface area (Å²) in [6, 6.07) is 21.1. The Morgan fingerprint density at radius 1 is 0.893 bits per heavy atom. The van der Waals surface area contributed by atoms with E-state index in [-0.39, 0.29) is 33.5 Å². The summed E-state index contributed by atoms with van der Waals surface area (Å²) in [6.07, 6.45) is 2.77. The van der Waals surface area contributed by atoms with Crippen molar-refractivity contribution in [3.63, 3.8) is 0 Å². The second-order valence-corrected chi connectivity index (χ2v) is 6.80. The number of hydrogen-bond donors (Lipinski definition) is 0. The van der Waals surface area contributed by atoms with Gasteiger partial charge < -0.3 is 12.4 Å². The molecular weight excluding hydrogens is 551 g/mol. The van der Waals surface area contributed by atoms with Gasteiger partial charge >= 0.3 is 21.1 Å². The number of pyridine rings is 1. The van der Waals surface area contributed by atoms with E-state index >= 15 is 0 Å². The van der Waals surface area contributed by atoms with Crippen molar-refractivity contribution in [2.45, 2.75) is 20.3 Å². The predicted octanol–water partition coefficient (Wildman–Crippen LogP) is 2.06. The van der Waals surface area contributed by atoms with Crippen molar-refractivity contribution in [3.05, 3.63) is 66.9 Å². The van der Waals surface area contributed by atoms with Crippen LogP contribution in [-0.2, 0) is 21.1 Å². The molecule has 5 rings (SSSR count). The maximum absolute atomic E-state index is 4.69. The number of aromatic nitrogens is 2. The zero-order chi connectivity index (χ0) is 17.7. The first-order chi connectivity index (χ1) is 12.7. The Morgan fingerprint density at radius 3 is 2.36 bits per heavy atom. The Kier molecular flexibility index (Phi) is 5.83. The zero-order valence-electron chi connectivity index (χ0n) is 15.5. The molecule has 1 aliphatic rings. The molecule has 4 aromatic rings. The summed E-state index contributed by atoms with van der Waals surface area (Å²) in [5.74, 6) is 0.928. The fraction of sp³-hybridized carbons (Fsp3) is 0.136. The predicted molar refractivity (Wildman–Crippen MR) is 107 cm³/mol. The molecule has 28 heavy (non-hydrogen) atoms. The summed E-state index contributed by atoms with van der Waals surface area (Å²) >= 11 is 0. The largest absolute Gasteiger partial charge is 2.00 e. The van der Waals surface area contributed by atoms with Crippen molar-refractivity contribution in [1.29, 1.82) is 0 Å².